The predicted molar refractivity (Wildman–Crippen MR) is 78.9 cm³/mol. The van der Waals surface area contributed by atoms with E-state index in [0.29, 0.717) is 21.9 Å². The van der Waals surface area contributed by atoms with E-state index in [1.807, 2.05) is 0 Å². The minimum atomic E-state index is -1.33. The Balaban J connectivity index is 2.25. The molecule has 1 atom stereocenters. The Bertz CT molecular complexity index is 664. The summed E-state index contributed by atoms with van der Waals surface area (Å²) >= 11 is 5.71. The first-order chi connectivity index (χ1) is 9.51. The van der Waals surface area contributed by atoms with Crippen molar-refractivity contribution in [1.82, 2.24) is 0 Å². The minimum Gasteiger partial charge on any atom is -0.495 e. The van der Waals surface area contributed by atoms with Gasteiger partial charge < -0.3 is 10.5 Å². The number of ether oxygens (including phenoxy) is 1. The molecule has 0 saturated carbocycles. The molecule has 0 heterocycles. The van der Waals surface area contributed by atoms with Gasteiger partial charge in [-0.2, -0.15) is 0 Å². The molecule has 3 nitrogen and oxygen atoms in total. The second kappa shape index (κ2) is 6.24. The van der Waals surface area contributed by atoms with Gasteiger partial charge in [0.25, 0.3) is 0 Å². The Morgan fingerprint density at radius 1 is 1.30 bits per heavy atom. The van der Waals surface area contributed by atoms with Gasteiger partial charge in [0.1, 0.15) is 11.6 Å². The Kier molecular flexibility index (Phi) is 4.62. The smallest absolute Gasteiger partial charge is 0.141 e. The fourth-order valence-electron chi connectivity index (χ4n) is 1.73. The molecule has 0 saturated heterocycles. The minimum absolute atomic E-state index is 0.0174. The summed E-state index contributed by atoms with van der Waals surface area (Å²) in [5, 5.41) is 0.0174. The number of methoxy groups -OCH3 is 1. The van der Waals surface area contributed by atoms with Gasteiger partial charge in [-0.3, -0.25) is 4.21 Å². The lowest BCUT2D eigenvalue weighted by atomic mass is 10.2. The Morgan fingerprint density at radius 2 is 2.05 bits per heavy atom. The highest BCUT2D eigenvalue weighted by Crippen LogP contribution is 2.27. The molecule has 2 rings (SSSR count). The summed E-state index contributed by atoms with van der Waals surface area (Å²) in [5.41, 5.74) is 6.88. The third-order valence-corrected chi connectivity index (χ3v) is 4.43. The van der Waals surface area contributed by atoms with E-state index in [1.165, 1.54) is 19.2 Å². The molecule has 0 aromatic heterocycles. The SMILES string of the molecule is COc1cc(N)ccc1S(=O)Cc1ccc(F)c(Cl)c1. The highest BCUT2D eigenvalue weighted by Gasteiger charge is 2.12. The van der Waals surface area contributed by atoms with Crippen molar-refractivity contribution in [3.63, 3.8) is 0 Å². The highest BCUT2D eigenvalue weighted by atomic mass is 35.5. The van der Waals surface area contributed by atoms with Crippen molar-refractivity contribution < 1.29 is 13.3 Å². The number of rotatable bonds is 4. The first kappa shape index (κ1) is 14.8. The number of anilines is 1. The molecule has 0 aliphatic heterocycles. The van der Waals surface area contributed by atoms with Crippen molar-refractivity contribution in [2.75, 3.05) is 12.8 Å². The van der Waals surface area contributed by atoms with Crippen molar-refractivity contribution in [2.24, 2.45) is 0 Å². The molecule has 0 bridgehead atoms. The zero-order chi connectivity index (χ0) is 14.7. The fraction of sp³-hybridized carbons (Fsp3) is 0.143. The molecule has 2 aromatic carbocycles. The molecule has 2 N–H and O–H groups in total. The van der Waals surface area contributed by atoms with Gasteiger partial charge in [0.15, 0.2) is 0 Å². The van der Waals surface area contributed by atoms with E-state index in [9.17, 15) is 8.60 Å². The summed E-state index contributed by atoms with van der Waals surface area (Å²) in [5.74, 6) is 0.197. The van der Waals surface area contributed by atoms with E-state index in [0.717, 1.165) is 0 Å². The number of benzene rings is 2. The van der Waals surface area contributed by atoms with Gasteiger partial charge in [-0.05, 0) is 29.8 Å². The molecule has 0 fully saturated rings. The van der Waals surface area contributed by atoms with Crippen LogP contribution in [0.2, 0.25) is 5.02 Å². The maximum absolute atomic E-state index is 13.1. The molecular formula is C14H13ClFNO2S. The quantitative estimate of drug-likeness (QED) is 0.880. The van der Waals surface area contributed by atoms with Gasteiger partial charge >= 0.3 is 0 Å². The van der Waals surface area contributed by atoms with Crippen LogP contribution in [0.5, 0.6) is 5.75 Å². The van der Waals surface area contributed by atoms with Gasteiger partial charge in [0, 0.05) is 11.8 Å². The second-order valence-electron chi connectivity index (χ2n) is 4.15. The molecule has 0 aliphatic rings. The maximum Gasteiger partial charge on any atom is 0.141 e. The highest BCUT2D eigenvalue weighted by molar-refractivity contribution is 7.84. The summed E-state index contributed by atoms with van der Waals surface area (Å²) in [6.07, 6.45) is 0. The largest absolute Gasteiger partial charge is 0.495 e. The van der Waals surface area contributed by atoms with Crippen LogP contribution in [0.15, 0.2) is 41.3 Å². The van der Waals surface area contributed by atoms with Gasteiger partial charge in [-0.1, -0.05) is 17.7 Å². The van der Waals surface area contributed by atoms with Crippen LogP contribution < -0.4 is 10.5 Å². The predicted octanol–water partition coefficient (Wildman–Crippen LogP) is 3.38. The average molecular weight is 314 g/mol. The van der Waals surface area contributed by atoms with Crippen LogP contribution in [0.1, 0.15) is 5.56 Å². The average Bonchev–Trinajstić information content (AvgIpc) is 2.42. The van der Waals surface area contributed by atoms with Crippen LogP contribution in [0.3, 0.4) is 0 Å². The van der Waals surface area contributed by atoms with E-state index >= 15 is 0 Å². The molecule has 0 spiro atoms. The third-order valence-electron chi connectivity index (χ3n) is 2.71. The molecule has 1 unspecified atom stereocenters. The molecule has 0 radical (unpaired) electrons. The first-order valence-corrected chi connectivity index (χ1v) is 7.46. The Labute approximate surface area is 124 Å². The Hall–Kier alpha value is -1.59. The third kappa shape index (κ3) is 3.29. The van der Waals surface area contributed by atoms with E-state index in [1.54, 1.807) is 24.3 Å². The zero-order valence-electron chi connectivity index (χ0n) is 10.7. The van der Waals surface area contributed by atoms with Crippen molar-refractivity contribution in [1.29, 1.82) is 0 Å². The van der Waals surface area contributed by atoms with Gasteiger partial charge in [0.05, 0.1) is 33.6 Å². The van der Waals surface area contributed by atoms with Crippen molar-refractivity contribution in [3.8, 4) is 5.75 Å². The normalized spacial score (nSPS) is 12.2. The molecule has 6 heteroatoms. The summed E-state index contributed by atoms with van der Waals surface area (Å²) in [4.78, 5) is 0.544. The molecule has 2 aromatic rings. The molecule has 20 heavy (non-hydrogen) atoms. The first-order valence-electron chi connectivity index (χ1n) is 5.77. The van der Waals surface area contributed by atoms with E-state index in [2.05, 4.69) is 0 Å². The second-order valence-corrected chi connectivity index (χ2v) is 5.98. The summed E-state index contributed by atoms with van der Waals surface area (Å²) < 4.78 is 30.6. The molecule has 0 aliphatic carbocycles. The lowest BCUT2D eigenvalue weighted by molar-refractivity contribution is 0.404. The summed E-state index contributed by atoms with van der Waals surface area (Å²) in [6.45, 7) is 0. The number of hydrogen-bond acceptors (Lipinski definition) is 3. The lowest BCUT2D eigenvalue weighted by Crippen LogP contribution is -2.01. The van der Waals surface area contributed by atoms with Crippen molar-refractivity contribution in [2.45, 2.75) is 10.6 Å². The topological polar surface area (TPSA) is 52.3 Å². The maximum atomic E-state index is 13.1. The van der Waals surface area contributed by atoms with Gasteiger partial charge in [0.2, 0.25) is 0 Å². The van der Waals surface area contributed by atoms with E-state index in [-0.39, 0.29) is 10.8 Å². The van der Waals surface area contributed by atoms with Crippen LogP contribution in [-0.4, -0.2) is 11.3 Å². The van der Waals surface area contributed by atoms with Crippen molar-refractivity contribution in [3.05, 3.63) is 52.8 Å². The van der Waals surface area contributed by atoms with Crippen LogP contribution in [0, 0.1) is 5.82 Å². The number of hydrogen-bond donors (Lipinski definition) is 1. The fourth-order valence-corrected chi connectivity index (χ4v) is 3.16. The van der Waals surface area contributed by atoms with E-state index in [4.69, 9.17) is 22.1 Å². The summed E-state index contributed by atoms with van der Waals surface area (Å²) in [6, 6.07) is 9.23. The van der Waals surface area contributed by atoms with Gasteiger partial charge in [-0.15, -0.1) is 0 Å². The number of nitrogen functional groups attached to an aromatic ring is 1. The summed E-state index contributed by atoms with van der Waals surface area (Å²) in [7, 11) is 0.160. The Morgan fingerprint density at radius 3 is 2.70 bits per heavy atom. The van der Waals surface area contributed by atoms with Gasteiger partial charge in [-0.25, -0.2) is 4.39 Å². The molecule has 106 valence electrons. The number of halogens is 2. The van der Waals surface area contributed by atoms with Crippen LogP contribution in [0.4, 0.5) is 10.1 Å². The van der Waals surface area contributed by atoms with Crippen LogP contribution in [-0.2, 0) is 16.6 Å². The molecule has 0 amide bonds. The number of nitrogens with two attached hydrogens (primary N) is 1. The van der Waals surface area contributed by atoms with Crippen LogP contribution in [0.25, 0.3) is 0 Å². The lowest BCUT2D eigenvalue weighted by Gasteiger charge is -2.09. The zero-order valence-corrected chi connectivity index (χ0v) is 12.3. The van der Waals surface area contributed by atoms with Crippen LogP contribution >= 0.6 is 11.6 Å². The monoisotopic (exact) mass is 313 g/mol. The standard InChI is InChI=1S/C14H13ClFNO2S/c1-19-13-7-10(17)3-5-14(13)20(18)8-9-2-4-12(16)11(15)6-9/h2-7H,8,17H2,1H3. The molecular weight excluding hydrogens is 301 g/mol. The van der Waals surface area contributed by atoms with E-state index < -0.39 is 16.6 Å². The van der Waals surface area contributed by atoms with Crippen molar-refractivity contribution >= 4 is 28.1 Å².